The van der Waals surface area contributed by atoms with Crippen molar-refractivity contribution in [3.05, 3.63) is 64.3 Å². The number of fused-ring (bicyclic) bond motifs is 1. The van der Waals surface area contributed by atoms with Gasteiger partial charge in [0.2, 0.25) is 5.43 Å². The van der Waals surface area contributed by atoms with E-state index in [0.717, 1.165) is 0 Å². The Labute approximate surface area is 125 Å². The Morgan fingerprint density at radius 3 is 2.50 bits per heavy atom. The maximum absolute atomic E-state index is 12.6. The summed E-state index contributed by atoms with van der Waals surface area (Å²) in [6, 6.07) is 12.9. The van der Waals surface area contributed by atoms with Gasteiger partial charge in [0.1, 0.15) is 11.3 Å². The van der Waals surface area contributed by atoms with Gasteiger partial charge in [-0.2, -0.15) is 0 Å². The second-order valence-corrected chi connectivity index (χ2v) is 4.64. The van der Waals surface area contributed by atoms with Crippen molar-refractivity contribution >= 4 is 16.9 Å². The Morgan fingerprint density at radius 1 is 1.09 bits per heavy atom. The summed E-state index contributed by atoms with van der Waals surface area (Å²) >= 11 is 0. The lowest BCUT2D eigenvalue weighted by Gasteiger charge is -2.09. The van der Waals surface area contributed by atoms with E-state index in [1.54, 1.807) is 42.5 Å². The summed E-state index contributed by atoms with van der Waals surface area (Å²) < 4.78 is 10.4. The molecule has 5 nitrogen and oxygen atoms in total. The molecule has 0 bridgehead atoms. The Hall–Kier alpha value is -3.08. The van der Waals surface area contributed by atoms with Gasteiger partial charge in [0.25, 0.3) is 0 Å². The third kappa shape index (κ3) is 2.13. The van der Waals surface area contributed by atoms with E-state index >= 15 is 0 Å². The normalized spacial score (nSPS) is 10.6. The predicted octanol–water partition coefficient (Wildman–Crippen LogP) is 2.95. The number of benzene rings is 2. The second-order valence-electron chi connectivity index (χ2n) is 4.64. The molecule has 0 aliphatic rings. The fourth-order valence-electron chi connectivity index (χ4n) is 2.28. The molecule has 0 spiro atoms. The van der Waals surface area contributed by atoms with Crippen molar-refractivity contribution in [2.75, 3.05) is 7.11 Å². The molecule has 0 saturated heterocycles. The first-order valence-corrected chi connectivity index (χ1v) is 6.56. The zero-order valence-electron chi connectivity index (χ0n) is 11.7. The average molecular weight is 296 g/mol. The summed E-state index contributed by atoms with van der Waals surface area (Å²) in [5, 5.41) is 10.3. The number of ether oxygens (including phenoxy) is 1. The minimum Gasteiger partial charge on any atom is -0.507 e. The highest BCUT2D eigenvalue weighted by atomic mass is 16.5. The first-order chi connectivity index (χ1) is 10.6. The number of aromatic hydroxyl groups is 1. The van der Waals surface area contributed by atoms with Gasteiger partial charge in [-0.1, -0.05) is 24.3 Å². The van der Waals surface area contributed by atoms with E-state index < -0.39 is 11.4 Å². The number of carbonyl (C=O) groups is 1. The van der Waals surface area contributed by atoms with Crippen LogP contribution in [0.4, 0.5) is 0 Å². The number of esters is 1. The van der Waals surface area contributed by atoms with Gasteiger partial charge in [-0.25, -0.2) is 4.79 Å². The molecule has 0 atom stereocenters. The van der Waals surface area contributed by atoms with Crippen molar-refractivity contribution in [1.29, 1.82) is 0 Å². The van der Waals surface area contributed by atoms with Gasteiger partial charge in [0.05, 0.1) is 18.1 Å². The van der Waals surface area contributed by atoms with Crippen LogP contribution in [0.15, 0.2) is 57.7 Å². The fourth-order valence-corrected chi connectivity index (χ4v) is 2.28. The lowest BCUT2D eigenvalue weighted by molar-refractivity contribution is 0.0598. The van der Waals surface area contributed by atoms with Crippen molar-refractivity contribution in [2.45, 2.75) is 0 Å². The zero-order chi connectivity index (χ0) is 15.7. The highest BCUT2D eigenvalue weighted by molar-refractivity contribution is 5.99. The van der Waals surface area contributed by atoms with Crippen LogP contribution < -0.4 is 5.43 Å². The van der Waals surface area contributed by atoms with Gasteiger partial charge in [0, 0.05) is 0 Å². The van der Waals surface area contributed by atoms with E-state index in [4.69, 9.17) is 4.42 Å². The Bertz CT molecular complexity index is 924. The fraction of sp³-hybridized carbons (Fsp3) is 0.0588. The molecule has 0 fully saturated rings. The van der Waals surface area contributed by atoms with Crippen LogP contribution in [0.2, 0.25) is 0 Å². The molecule has 0 aliphatic carbocycles. The molecule has 0 aliphatic heterocycles. The van der Waals surface area contributed by atoms with E-state index in [-0.39, 0.29) is 28.0 Å². The van der Waals surface area contributed by atoms with E-state index in [2.05, 4.69) is 4.74 Å². The molecule has 110 valence electrons. The molecule has 0 saturated carbocycles. The number of carbonyl (C=O) groups excluding carboxylic acids is 1. The lowest BCUT2D eigenvalue weighted by atomic mass is 10.0. The summed E-state index contributed by atoms with van der Waals surface area (Å²) in [7, 11) is 1.19. The highest BCUT2D eigenvalue weighted by Crippen LogP contribution is 2.32. The van der Waals surface area contributed by atoms with Crippen LogP contribution in [0.25, 0.3) is 22.3 Å². The number of phenolic OH excluding ortho intramolecular Hbond substituents is 1. The molecule has 0 unspecified atom stereocenters. The topological polar surface area (TPSA) is 76.7 Å². The smallest absolute Gasteiger partial charge is 0.345 e. The summed E-state index contributed by atoms with van der Waals surface area (Å²) in [4.78, 5) is 24.6. The molecule has 1 aromatic heterocycles. The highest BCUT2D eigenvalue weighted by Gasteiger charge is 2.24. The van der Waals surface area contributed by atoms with Crippen molar-refractivity contribution in [3.63, 3.8) is 0 Å². The predicted molar refractivity (Wildman–Crippen MR) is 80.9 cm³/mol. The van der Waals surface area contributed by atoms with E-state index in [0.29, 0.717) is 5.58 Å². The van der Waals surface area contributed by atoms with Crippen LogP contribution in [-0.2, 0) is 4.74 Å². The standard InChI is InChI=1S/C17H12O5/c1-21-17(20)14-15(19)11-7-3-5-9-13(11)22-16(14)10-6-2-4-8-12(10)18/h2-9,18H,1H3. The summed E-state index contributed by atoms with van der Waals surface area (Å²) in [6.07, 6.45) is 0. The SMILES string of the molecule is COC(=O)c1c(-c2ccccc2O)oc2ccccc2c1=O. The maximum Gasteiger partial charge on any atom is 0.345 e. The van der Waals surface area contributed by atoms with E-state index in [1.807, 2.05) is 0 Å². The minimum atomic E-state index is -0.808. The van der Waals surface area contributed by atoms with Crippen molar-refractivity contribution in [1.82, 2.24) is 0 Å². The number of phenols is 1. The third-order valence-corrected chi connectivity index (χ3v) is 3.34. The molecular weight excluding hydrogens is 284 g/mol. The van der Waals surface area contributed by atoms with Crippen LogP contribution in [0.5, 0.6) is 5.75 Å². The van der Waals surface area contributed by atoms with Crippen LogP contribution >= 0.6 is 0 Å². The largest absolute Gasteiger partial charge is 0.507 e. The molecule has 5 heteroatoms. The van der Waals surface area contributed by atoms with Gasteiger partial charge in [-0.05, 0) is 24.3 Å². The van der Waals surface area contributed by atoms with Gasteiger partial charge in [-0.15, -0.1) is 0 Å². The molecule has 0 amide bonds. The summed E-state index contributed by atoms with van der Waals surface area (Å²) in [6.45, 7) is 0. The average Bonchev–Trinajstić information content (AvgIpc) is 2.54. The van der Waals surface area contributed by atoms with Gasteiger partial charge in [0.15, 0.2) is 11.3 Å². The molecule has 2 aromatic carbocycles. The summed E-state index contributed by atoms with van der Waals surface area (Å²) in [5.74, 6) is -0.905. The first-order valence-electron chi connectivity index (χ1n) is 6.56. The van der Waals surface area contributed by atoms with Crippen molar-refractivity contribution in [3.8, 4) is 17.1 Å². The van der Waals surface area contributed by atoms with Gasteiger partial charge >= 0.3 is 5.97 Å². The van der Waals surface area contributed by atoms with Gasteiger partial charge < -0.3 is 14.3 Å². The van der Waals surface area contributed by atoms with Crippen LogP contribution in [0.3, 0.4) is 0 Å². The maximum atomic E-state index is 12.6. The first kappa shape index (κ1) is 13.9. The van der Waals surface area contributed by atoms with E-state index in [9.17, 15) is 14.7 Å². The molecular formula is C17H12O5. The van der Waals surface area contributed by atoms with Gasteiger partial charge in [-0.3, -0.25) is 4.79 Å². The zero-order valence-corrected chi connectivity index (χ0v) is 11.7. The van der Waals surface area contributed by atoms with Crippen molar-refractivity contribution < 1.29 is 19.1 Å². The van der Waals surface area contributed by atoms with E-state index in [1.165, 1.54) is 13.2 Å². The minimum absolute atomic E-state index is 0.00588. The molecule has 22 heavy (non-hydrogen) atoms. The lowest BCUT2D eigenvalue weighted by Crippen LogP contribution is -2.18. The number of rotatable bonds is 2. The molecule has 3 rings (SSSR count). The molecule has 1 heterocycles. The van der Waals surface area contributed by atoms with Crippen LogP contribution in [-0.4, -0.2) is 18.2 Å². The number of hydrogen-bond donors (Lipinski definition) is 1. The van der Waals surface area contributed by atoms with Crippen molar-refractivity contribution in [2.24, 2.45) is 0 Å². The number of para-hydroxylation sites is 2. The monoisotopic (exact) mass is 296 g/mol. The van der Waals surface area contributed by atoms with Crippen LogP contribution in [0.1, 0.15) is 10.4 Å². The Balaban J connectivity index is 2.45. The third-order valence-electron chi connectivity index (χ3n) is 3.34. The summed E-state index contributed by atoms with van der Waals surface area (Å²) in [5.41, 5.74) is -0.140. The Morgan fingerprint density at radius 2 is 1.77 bits per heavy atom. The number of hydrogen-bond acceptors (Lipinski definition) is 5. The number of methoxy groups -OCH3 is 1. The molecule has 1 N–H and O–H groups in total. The quantitative estimate of drug-likeness (QED) is 0.736. The second kappa shape index (κ2) is 5.37. The van der Waals surface area contributed by atoms with Crippen LogP contribution in [0, 0.1) is 0 Å². The molecule has 0 radical (unpaired) electrons. The molecule has 3 aromatic rings. The Kier molecular flexibility index (Phi) is 3.39.